The maximum atomic E-state index is 11.8. The number of hydrogen-bond acceptors (Lipinski definition) is 5. The number of hydrogen-bond donors (Lipinski definition) is 4. The van der Waals surface area contributed by atoms with Crippen LogP contribution in [0.3, 0.4) is 0 Å². The lowest BCUT2D eigenvalue weighted by atomic mass is 10.2. The summed E-state index contributed by atoms with van der Waals surface area (Å²) >= 11 is 0. The number of carbonyl (C=O) groups excluding carboxylic acids is 4. The van der Waals surface area contributed by atoms with E-state index in [0.717, 1.165) is 0 Å². The van der Waals surface area contributed by atoms with E-state index in [0.29, 0.717) is 6.29 Å². The van der Waals surface area contributed by atoms with Gasteiger partial charge >= 0.3 is 0 Å². The number of nitrogens with two attached hydrogens (primary N) is 1. The molecule has 0 saturated carbocycles. The highest BCUT2D eigenvalue weighted by Gasteiger charge is 2.22. The lowest BCUT2D eigenvalue weighted by Crippen LogP contribution is -2.54. The van der Waals surface area contributed by atoms with Gasteiger partial charge in [0.15, 0.2) is 0 Å². The monoisotopic (exact) mass is 286 g/mol. The highest BCUT2D eigenvalue weighted by molar-refractivity contribution is 5.93. The molecule has 0 aliphatic rings. The minimum Gasteiger partial charge on any atom is -0.345 e. The number of nitrogens with one attached hydrogen (secondary N) is 3. The van der Waals surface area contributed by atoms with Gasteiger partial charge in [0.1, 0.15) is 18.4 Å². The first kappa shape index (κ1) is 18.0. The molecule has 8 heteroatoms. The average molecular weight is 286 g/mol. The van der Waals surface area contributed by atoms with Crippen LogP contribution in [0.15, 0.2) is 0 Å². The Morgan fingerprint density at radius 1 is 0.850 bits per heavy atom. The molecule has 8 nitrogen and oxygen atoms in total. The van der Waals surface area contributed by atoms with Gasteiger partial charge in [-0.2, -0.15) is 0 Å². The molecule has 20 heavy (non-hydrogen) atoms. The Morgan fingerprint density at radius 3 is 1.65 bits per heavy atom. The Labute approximate surface area is 117 Å². The van der Waals surface area contributed by atoms with E-state index in [1.54, 1.807) is 0 Å². The van der Waals surface area contributed by atoms with Gasteiger partial charge in [-0.25, -0.2) is 0 Å². The van der Waals surface area contributed by atoms with E-state index in [2.05, 4.69) is 16.0 Å². The zero-order chi connectivity index (χ0) is 15.9. The molecule has 0 saturated heterocycles. The quantitative estimate of drug-likeness (QED) is 0.404. The summed E-state index contributed by atoms with van der Waals surface area (Å²) in [6.07, 6.45) is 0.581. The summed E-state index contributed by atoms with van der Waals surface area (Å²) in [5.74, 6) is -1.46. The Hall–Kier alpha value is -1.96. The van der Waals surface area contributed by atoms with Crippen molar-refractivity contribution in [1.29, 1.82) is 0 Å². The van der Waals surface area contributed by atoms with Gasteiger partial charge in [0, 0.05) is 0 Å². The molecule has 0 rings (SSSR count). The van der Waals surface area contributed by atoms with Crippen LogP contribution in [0.2, 0.25) is 0 Å². The van der Waals surface area contributed by atoms with Gasteiger partial charge in [0.25, 0.3) is 0 Å². The lowest BCUT2D eigenvalue weighted by molar-refractivity contribution is -0.132. The van der Waals surface area contributed by atoms with Gasteiger partial charge < -0.3 is 26.5 Å². The Kier molecular flexibility index (Phi) is 7.45. The van der Waals surface area contributed by atoms with Crippen LogP contribution in [0.25, 0.3) is 0 Å². The molecule has 0 bridgehead atoms. The van der Waals surface area contributed by atoms with Gasteiger partial charge in [-0.05, 0) is 27.7 Å². The summed E-state index contributed by atoms with van der Waals surface area (Å²) in [5, 5.41) is 7.25. The van der Waals surface area contributed by atoms with Crippen molar-refractivity contribution in [3.63, 3.8) is 0 Å². The molecular formula is C12H22N4O4. The summed E-state index contributed by atoms with van der Waals surface area (Å²) in [7, 11) is 0. The molecule has 0 aromatic rings. The SMILES string of the molecule is CC(C=O)NC(=O)C(C)NC(=O)C(C)NC(=O)C(C)N. The van der Waals surface area contributed by atoms with Crippen LogP contribution in [0.1, 0.15) is 27.7 Å². The maximum Gasteiger partial charge on any atom is 0.242 e. The van der Waals surface area contributed by atoms with Crippen molar-refractivity contribution in [2.75, 3.05) is 0 Å². The van der Waals surface area contributed by atoms with Gasteiger partial charge in [-0.15, -0.1) is 0 Å². The molecule has 3 amide bonds. The Bertz CT molecular complexity index is 384. The van der Waals surface area contributed by atoms with Crippen LogP contribution >= 0.6 is 0 Å². The average Bonchev–Trinajstić information content (AvgIpc) is 2.37. The van der Waals surface area contributed by atoms with Crippen LogP contribution in [0.5, 0.6) is 0 Å². The predicted molar refractivity (Wildman–Crippen MR) is 72.5 cm³/mol. The summed E-state index contributed by atoms with van der Waals surface area (Å²) in [5.41, 5.74) is 5.36. The summed E-state index contributed by atoms with van der Waals surface area (Å²) in [4.78, 5) is 45.1. The molecule has 4 unspecified atom stereocenters. The van der Waals surface area contributed by atoms with E-state index in [1.165, 1.54) is 27.7 Å². The third kappa shape index (κ3) is 6.28. The minimum absolute atomic E-state index is 0.459. The van der Waals surface area contributed by atoms with Gasteiger partial charge in [-0.1, -0.05) is 0 Å². The van der Waals surface area contributed by atoms with Crippen molar-refractivity contribution in [3.8, 4) is 0 Å². The molecular weight excluding hydrogens is 264 g/mol. The van der Waals surface area contributed by atoms with Crippen molar-refractivity contribution < 1.29 is 19.2 Å². The van der Waals surface area contributed by atoms with Gasteiger partial charge in [-0.3, -0.25) is 14.4 Å². The Balaban J connectivity index is 4.34. The van der Waals surface area contributed by atoms with Crippen LogP contribution < -0.4 is 21.7 Å². The van der Waals surface area contributed by atoms with Crippen molar-refractivity contribution >= 4 is 24.0 Å². The number of carbonyl (C=O) groups is 4. The molecule has 0 heterocycles. The second-order valence-corrected chi connectivity index (χ2v) is 4.68. The molecule has 0 spiro atoms. The molecule has 0 fully saturated rings. The third-order valence-electron chi connectivity index (χ3n) is 2.49. The molecule has 5 N–H and O–H groups in total. The van der Waals surface area contributed by atoms with E-state index in [1.807, 2.05) is 0 Å². The number of amides is 3. The smallest absolute Gasteiger partial charge is 0.242 e. The van der Waals surface area contributed by atoms with Crippen molar-refractivity contribution in [1.82, 2.24) is 16.0 Å². The summed E-state index contributed by atoms with van der Waals surface area (Å²) in [6, 6.07) is -2.98. The zero-order valence-electron chi connectivity index (χ0n) is 12.1. The van der Waals surface area contributed by atoms with E-state index >= 15 is 0 Å². The summed E-state index contributed by atoms with van der Waals surface area (Å²) < 4.78 is 0. The van der Waals surface area contributed by atoms with Crippen LogP contribution in [-0.2, 0) is 19.2 Å². The minimum atomic E-state index is -0.820. The molecule has 0 aromatic heterocycles. The fourth-order valence-corrected chi connectivity index (χ4v) is 1.20. The first-order chi connectivity index (χ1) is 9.18. The Morgan fingerprint density at radius 2 is 1.25 bits per heavy atom. The maximum absolute atomic E-state index is 11.8. The van der Waals surface area contributed by atoms with Gasteiger partial charge in [0.05, 0.1) is 12.1 Å². The van der Waals surface area contributed by atoms with E-state index in [9.17, 15) is 19.2 Å². The van der Waals surface area contributed by atoms with Crippen molar-refractivity contribution in [2.24, 2.45) is 5.73 Å². The first-order valence-electron chi connectivity index (χ1n) is 6.31. The van der Waals surface area contributed by atoms with Crippen LogP contribution in [-0.4, -0.2) is 48.2 Å². The normalized spacial score (nSPS) is 16.2. The first-order valence-corrected chi connectivity index (χ1v) is 6.31. The van der Waals surface area contributed by atoms with E-state index in [4.69, 9.17) is 5.73 Å². The van der Waals surface area contributed by atoms with E-state index in [-0.39, 0.29) is 0 Å². The molecule has 0 aliphatic heterocycles. The molecule has 0 aliphatic carbocycles. The fourth-order valence-electron chi connectivity index (χ4n) is 1.20. The second-order valence-electron chi connectivity index (χ2n) is 4.68. The van der Waals surface area contributed by atoms with E-state index < -0.39 is 41.9 Å². The fraction of sp³-hybridized carbons (Fsp3) is 0.667. The van der Waals surface area contributed by atoms with Crippen molar-refractivity contribution in [3.05, 3.63) is 0 Å². The molecule has 4 atom stereocenters. The molecule has 0 radical (unpaired) electrons. The molecule has 0 aromatic carbocycles. The van der Waals surface area contributed by atoms with Crippen LogP contribution in [0.4, 0.5) is 0 Å². The highest BCUT2D eigenvalue weighted by atomic mass is 16.2. The standard InChI is InChI=1S/C12H22N4O4/c1-6(5-17)14-11(19)8(3)16-12(20)9(4)15-10(18)7(2)13/h5-9H,13H2,1-4H3,(H,14,19)(H,15,18)(H,16,20). The third-order valence-corrected chi connectivity index (χ3v) is 2.49. The number of rotatable bonds is 7. The zero-order valence-corrected chi connectivity index (χ0v) is 12.1. The second kappa shape index (κ2) is 8.26. The number of aldehydes is 1. The predicted octanol–water partition coefficient (Wildman–Crippen LogP) is -1.95. The van der Waals surface area contributed by atoms with Crippen LogP contribution in [0, 0.1) is 0 Å². The summed E-state index contributed by atoms with van der Waals surface area (Å²) in [6.45, 7) is 5.97. The van der Waals surface area contributed by atoms with Gasteiger partial charge in [0.2, 0.25) is 17.7 Å². The van der Waals surface area contributed by atoms with Crippen molar-refractivity contribution in [2.45, 2.75) is 51.9 Å². The molecule has 114 valence electrons. The lowest BCUT2D eigenvalue weighted by Gasteiger charge is -2.19. The largest absolute Gasteiger partial charge is 0.345 e. The highest BCUT2D eigenvalue weighted by Crippen LogP contribution is 1.90. The topological polar surface area (TPSA) is 130 Å².